The van der Waals surface area contributed by atoms with Gasteiger partial charge in [0, 0.05) is 43.0 Å². The Kier molecular flexibility index (Phi) is 8.47. The molecule has 5 atom stereocenters. The zero-order valence-electron chi connectivity index (χ0n) is 22.3. The lowest BCUT2D eigenvalue weighted by molar-refractivity contribution is -0.0586. The van der Waals surface area contributed by atoms with Gasteiger partial charge in [-0.1, -0.05) is 25.1 Å². The largest absolute Gasteiger partial charge is 0.376 e. The number of amidine groups is 1. The van der Waals surface area contributed by atoms with Crippen LogP contribution in [-0.2, 0) is 9.47 Å². The first kappa shape index (κ1) is 27.7. The van der Waals surface area contributed by atoms with Crippen LogP contribution in [0.1, 0.15) is 50.4 Å². The fraction of sp³-hybridized carbons (Fsp3) is 0.448. The van der Waals surface area contributed by atoms with E-state index in [9.17, 15) is 13.6 Å². The molecule has 0 fully saturated rings. The highest BCUT2D eigenvalue weighted by atomic mass is 19.1. The zero-order valence-corrected chi connectivity index (χ0v) is 22.3. The van der Waals surface area contributed by atoms with Crippen molar-refractivity contribution in [3.8, 4) is 0 Å². The van der Waals surface area contributed by atoms with E-state index >= 15 is 0 Å². The van der Waals surface area contributed by atoms with Crippen LogP contribution in [0.5, 0.6) is 0 Å². The van der Waals surface area contributed by atoms with E-state index in [1.807, 2.05) is 45.0 Å². The van der Waals surface area contributed by atoms with E-state index in [-0.39, 0.29) is 23.1 Å². The van der Waals surface area contributed by atoms with Crippen molar-refractivity contribution < 1.29 is 18.3 Å². The first-order valence-corrected chi connectivity index (χ1v) is 12.7. The van der Waals surface area contributed by atoms with Gasteiger partial charge in [0.15, 0.2) is 5.84 Å². The number of alkyl halides is 2. The van der Waals surface area contributed by atoms with Crippen LogP contribution < -0.4 is 5.43 Å². The summed E-state index contributed by atoms with van der Waals surface area (Å²) in [6.07, 6.45) is 4.69. The van der Waals surface area contributed by atoms with Crippen molar-refractivity contribution >= 4 is 17.7 Å². The van der Waals surface area contributed by atoms with Crippen LogP contribution in [0, 0.1) is 5.92 Å². The Morgan fingerprint density at radius 3 is 2.71 bits per heavy atom. The SMILES string of the molecule is COC(C)(C)COC1C=NC(c2cccc(C(C)c3nn(C4=CC(C(C)F)C(F)C=C4)ccc3=O)c2)=NC1. The molecule has 4 rings (SSSR count). The smallest absolute Gasteiger partial charge is 0.203 e. The second-order valence-electron chi connectivity index (χ2n) is 10.3. The maximum Gasteiger partial charge on any atom is 0.203 e. The molecule has 1 aliphatic carbocycles. The number of halogens is 2. The molecule has 1 aliphatic heterocycles. The summed E-state index contributed by atoms with van der Waals surface area (Å²) >= 11 is 0. The molecular formula is C29H34F2N4O3. The number of aliphatic imine (C=N–C) groups is 2. The van der Waals surface area contributed by atoms with E-state index in [1.54, 1.807) is 19.4 Å². The predicted molar refractivity (Wildman–Crippen MR) is 146 cm³/mol. The van der Waals surface area contributed by atoms with Gasteiger partial charge in [-0.15, -0.1) is 0 Å². The average Bonchev–Trinajstić information content (AvgIpc) is 2.92. The van der Waals surface area contributed by atoms with Gasteiger partial charge in [0.25, 0.3) is 0 Å². The van der Waals surface area contributed by atoms with Crippen molar-refractivity contribution in [3.05, 3.63) is 81.8 Å². The number of allylic oxidation sites excluding steroid dienone is 4. The average molecular weight is 525 g/mol. The fourth-order valence-corrected chi connectivity index (χ4v) is 4.22. The van der Waals surface area contributed by atoms with Crippen LogP contribution in [0.3, 0.4) is 0 Å². The summed E-state index contributed by atoms with van der Waals surface area (Å²) in [6, 6.07) is 9.11. The van der Waals surface area contributed by atoms with Gasteiger partial charge in [0.05, 0.1) is 24.4 Å². The fourth-order valence-electron chi connectivity index (χ4n) is 4.22. The highest BCUT2D eigenvalue weighted by Gasteiger charge is 2.27. The Labute approximate surface area is 221 Å². The maximum atomic E-state index is 14.1. The second kappa shape index (κ2) is 11.6. The summed E-state index contributed by atoms with van der Waals surface area (Å²) in [5, 5.41) is 4.54. The van der Waals surface area contributed by atoms with E-state index in [0.717, 1.165) is 11.1 Å². The van der Waals surface area contributed by atoms with Gasteiger partial charge < -0.3 is 9.47 Å². The second-order valence-corrected chi connectivity index (χ2v) is 10.3. The normalized spacial score (nSPS) is 23.1. The molecule has 2 heterocycles. The topological polar surface area (TPSA) is 78.1 Å². The maximum absolute atomic E-state index is 14.1. The molecule has 0 saturated heterocycles. The van der Waals surface area contributed by atoms with Crippen molar-refractivity contribution in [1.29, 1.82) is 0 Å². The Bertz CT molecular complexity index is 1330. The molecule has 1 aromatic carbocycles. The summed E-state index contributed by atoms with van der Waals surface area (Å²) in [5.74, 6) is -0.650. The van der Waals surface area contributed by atoms with Crippen molar-refractivity contribution in [2.45, 2.75) is 57.7 Å². The Hall–Kier alpha value is -3.30. The molecule has 0 amide bonds. The van der Waals surface area contributed by atoms with Gasteiger partial charge in [0.1, 0.15) is 24.1 Å². The Balaban J connectivity index is 1.52. The van der Waals surface area contributed by atoms with Gasteiger partial charge in [0.2, 0.25) is 5.43 Å². The molecule has 2 aromatic rings. The first-order chi connectivity index (χ1) is 18.1. The molecule has 0 spiro atoms. The monoisotopic (exact) mass is 524 g/mol. The van der Waals surface area contributed by atoms with Crippen LogP contribution >= 0.6 is 0 Å². The third-order valence-corrected chi connectivity index (χ3v) is 6.85. The van der Waals surface area contributed by atoms with Crippen LogP contribution in [0.15, 0.2) is 69.5 Å². The lowest BCUT2D eigenvalue weighted by atomic mass is 9.93. The van der Waals surface area contributed by atoms with Gasteiger partial charge in [-0.25, -0.2) is 18.5 Å². The van der Waals surface area contributed by atoms with Crippen LogP contribution in [-0.4, -0.2) is 66.1 Å². The molecule has 0 radical (unpaired) electrons. The quantitative estimate of drug-likeness (QED) is 0.474. The lowest BCUT2D eigenvalue weighted by Crippen LogP contribution is -2.34. The molecule has 0 bridgehead atoms. The number of rotatable bonds is 9. The van der Waals surface area contributed by atoms with E-state index in [1.165, 1.54) is 36.0 Å². The standard InChI is InChI=1S/C29H34F2N4O3/c1-18(27-26(36)11-12-35(34-27)22-9-10-25(31)24(14-22)19(2)30)20-7-6-8-21(13-20)28-32-15-23(16-33-28)38-17-29(3,4)37-5/h6-15,18-19,23-25H,16-17H2,1-5H3. The van der Waals surface area contributed by atoms with E-state index in [0.29, 0.717) is 30.4 Å². The summed E-state index contributed by atoms with van der Waals surface area (Å²) in [6.45, 7) is 8.01. The third-order valence-electron chi connectivity index (χ3n) is 6.85. The first-order valence-electron chi connectivity index (χ1n) is 12.7. The summed E-state index contributed by atoms with van der Waals surface area (Å²) in [5.41, 5.74) is 1.94. The molecule has 5 unspecified atom stereocenters. The van der Waals surface area contributed by atoms with Crippen molar-refractivity contribution in [2.75, 3.05) is 20.3 Å². The summed E-state index contributed by atoms with van der Waals surface area (Å²) in [4.78, 5) is 21.9. The molecule has 7 nitrogen and oxygen atoms in total. The zero-order chi connectivity index (χ0) is 27.4. The molecule has 9 heteroatoms. The number of benzene rings is 1. The highest BCUT2D eigenvalue weighted by molar-refractivity contribution is 6.04. The minimum atomic E-state index is -1.40. The number of hydrogen-bond acceptors (Lipinski definition) is 6. The predicted octanol–water partition coefficient (Wildman–Crippen LogP) is 4.76. The van der Waals surface area contributed by atoms with Crippen molar-refractivity contribution in [2.24, 2.45) is 15.9 Å². The number of ether oxygens (including phenoxy) is 2. The number of hydrogen-bond donors (Lipinski definition) is 0. The number of aromatic nitrogens is 2. The lowest BCUT2D eigenvalue weighted by Gasteiger charge is -2.25. The van der Waals surface area contributed by atoms with Crippen LogP contribution in [0.25, 0.3) is 5.70 Å². The minimum Gasteiger partial charge on any atom is -0.376 e. The molecule has 38 heavy (non-hydrogen) atoms. The number of methoxy groups -OCH3 is 1. The third kappa shape index (κ3) is 6.39. The molecule has 1 aromatic heterocycles. The number of nitrogens with zero attached hydrogens (tertiary/aromatic N) is 4. The van der Waals surface area contributed by atoms with Crippen LogP contribution in [0.2, 0.25) is 0 Å². The van der Waals surface area contributed by atoms with Crippen LogP contribution in [0.4, 0.5) is 8.78 Å². The van der Waals surface area contributed by atoms with E-state index in [4.69, 9.17) is 9.47 Å². The van der Waals surface area contributed by atoms with Gasteiger partial charge in [-0.3, -0.25) is 9.79 Å². The Morgan fingerprint density at radius 1 is 1.24 bits per heavy atom. The summed E-state index contributed by atoms with van der Waals surface area (Å²) < 4.78 is 40.8. The molecule has 2 aliphatic rings. The van der Waals surface area contributed by atoms with Crippen molar-refractivity contribution in [1.82, 2.24) is 9.78 Å². The molecule has 202 valence electrons. The minimum absolute atomic E-state index is 0.217. The van der Waals surface area contributed by atoms with Crippen molar-refractivity contribution in [3.63, 3.8) is 0 Å². The van der Waals surface area contributed by atoms with E-state index in [2.05, 4.69) is 15.1 Å². The Morgan fingerprint density at radius 2 is 2.03 bits per heavy atom. The van der Waals surface area contributed by atoms with E-state index < -0.39 is 18.3 Å². The van der Waals surface area contributed by atoms with Gasteiger partial charge in [-0.05, 0) is 50.6 Å². The molecule has 0 N–H and O–H groups in total. The van der Waals surface area contributed by atoms with Gasteiger partial charge >= 0.3 is 0 Å². The van der Waals surface area contributed by atoms with Gasteiger partial charge in [-0.2, -0.15) is 5.10 Å². The molecule has 0 saturated carbocycles. The highest BCUT2D eigenvalue weighted by Crippen LogP contribution is 2.27. The molecular weight excluding hydrogens is 490 g/mol. The summed E-state index contributed by atoms with van der Waals surface area (Å²) in [7, 11) is 1.65.